The first kappa shape index (κ1) is 11.8. The highest BCUT2D eigenvalue weighted by molar-refractivity contribution is 5.73. The van der Waals surface area contributed by atoms with Crippen LogP contribution in [0.1, 0.15) is 19.5 Å². The maximum Gasteiger partial charge on any atom is 0.310 e. The summed E-state index contributed by atoms with van der Waals surface area (Å²) in [6.07, 6.45) is 1.87. The van der Waals surface area contributed by atoms with Gasteiger partial charge in [-0.3, -0.25) is 9.69 Å². The molecule has 84 valence electrons. The third-order valence-electron chi connectivity index (χ3n) is 2.35. The van der Waals surface area contributed by atoms with E-state index in [2.05, 4.69) is 4.98 Å². The monoisotopic (exact) mass is 210 g/mol. The lowest BCUT2D eigenvalue weighted by molar-refractivity contribution is -0.147. The van der Waals surface area contributed by atoms with Gasteiger partial charge in [-0.2, -0.15) is 0 Å². The predicted molar refractivity (Wildman–Crippen MR) is 58.5 cm³/mol. The Morgan fingerprint density at radius 1 is 1.60 bits per heavy atom. The fourth-order valence-corrected chi connectivity index (χ4v) is 1.55. The van der Waals surface area contributed by atoms with Crippen molar-refractivity contribution in [1.29, 1.82) is 0 Å². The molecule has 1 aromatic rings. The summed E-state index contributed by atoms with van der Waals surface area (Å²) in [4.78, 5) is 16.0. The summed E-state index contributed by atoms with van der Waals surface area (Å²) in [5.74, 6) is -0.763. The zero-order valence-electron chi connectivity index (χ0n) is 9.45. The molecule has 2 N–H and O–H groups in total. The molecule has 0 saturated carbocycles. The number of rotatable bonds is 5. The second-order valence-electron chi connectivity index (χ2n) is 4.56. The Labute approximate surface area is 89.9 Å². The van der Waals surface area contributed by atoms with E-state index in [1.54, 1.807) is 13.8 Å². The molecule has 0 unspecified atom stereocenters. The van der Waals surface area contributed by atoms with E-state index in [0.29, 0.717) is 6.54 Å². The molecule has 0 saturated heterocycles. The van der Waals surface area contributed by atoms with Gasteiger partial charge in [0.2, 0.25) is 0 Å². The summed E-state index contributed by atoms with van der Waals surface area (Å²) in [5.41, 5.74) is 0.389. The number of H-pyrrole nitrogens is 1. The smallest absolute Gasteiger partial charge is 0.310 e. The Kier molecular flexibility index (Phi) is 3.52. The van der Waals surface area contributed by atoms with E-state index >= 15 is 0 Å². The van der Waals surface area contributed by atoms with Crippen molar-refractivity contribution in [1.82, 2.24) is 9.88 Å². The maximum atomic E-state index is 10.9. The lowest BCUT2D eigenvalue weighted by atomic mass is 9.93. The topological polar surface area (TPSA) is 56.3 Å². The van der Waals surface area contributed by atoms with Crippen LogP contribution < -0.4 is 0 Å². The van der Waals surface area contributed by atoms with Gasteiger partial charge in [-0.25, -0.2) is 0 Å². The lowest BCUT2D eigenvalue weighted by Gasteiger charge is -2.26. The molecule has 1 aromatic heterocycles. The largest absolute Gasteiger partial charge is 0.481 e. The van der Waals surface area contributed by atoms with Gasteiger partial charge in [0.05, 0.1) is 5.41 Å². The van der Waals surface area contributed by atoms with E-state index in [1.807, 2.05) is 30.3 Å². The van der Waals surface area contributed by atoms with Crippen molar-refractivity contribution in [3.63, 3.8) is 0 Å². The third-order valence-corrected chi connectivity index (χ3v) is 2.35. The molecule has 0 spiro atoms. The van der Waals surface area contributed by atoms with Gasteiger partial charge < -0.3 is 10.1 Å². The minimum atomic E-state index is -0.763. The highest BCUT2D eigenvalue weighted by atomic mass is 16.4. The Morgan fingerprint density at radius 2 is 2.27 bits per heavy atom. The highest BCUT2D eigenvalue weighted by Crippen LogP contribution is 2.17. The molecule has 1 rings (SSSR count). The summed E-state index contributed by atoms with van der Waals surface area (Å²) in [5, 5.41) is 8.98. The molecule has 0 aliphatic carbocycles. The molecule has 1 heterocycles. The molecule has 4 nitrogen and oxygen atoms in total. The van der Waals surface area contributed by atoms with E-state index in [0.717, 1.165) is 12.2 Å². The molecule has 0 aliphatic heterocycles. The van der Waals surface area contributed by atoms with Crippen molar-refractivity contribution < 1.29 is 9.90 Å². The summed E-state index contributed by atoms with van der Waals surface area (Å²) >= 11 is 0. The standard InChI is InChI=1S/C11H18N2O2/c1-11(2,10(14)15)8-13(3)7-9-5-4-6-12-9/h4-6,12H,7-8H2,1-3H3,(H,14,15). The first-order valence-corrected chi connectivity index (χ1v) is 4.96. The molecule has 0 amide bonds. The Morgan fingerprint density at radius 3 is 2.73 bits per heavy atom. The van der Waals surface area contributed by atoms with Crippen LogP contribution in [0.2, 0.25) is 0 Å². The molecule has 15 heavy (non-hydrogen) atoms. The summed E-state index contributed by atoms with van der Waals surface area (Å²) in [7, 11) is 1.92. The van der Waals surface area contributed by atoms with Gasteiger partial charge in [0.25, 0.3) is 0 Å². The van der Waals surface area contributed by atoms with E-state index < -0.39 is 11.4 Å². The quantitative estimate of drug-likeness (QED) is 0.775. The van der Waals surface area contributed by atoms with E-state index in [-0.39, 0.29) is 0 Å². The fourth-order valence-electron chi connectivity index (χ4n) is 1.55. The van der Waals surface area contributed by atoms with Gasteiger partial charge in [-0.05, 0) is 33.0 Å². The van der Waals surface area contributed by atoms with Crippen LogP contribution in [0.5, 0.6) is 0 Å². The van der Waals surface area contributed by atoms with Crippen molar-refractivity contribution in [2.45, 2.75) is 20.4 Å². The Balaban J connectivity index is 2.49. The van der Waals surface area contributed by atoms with Gasteiger partial charge >= 0.3 is 5.97 Å². The first-order chi connectivity index (χ1) is 6.92. The van der Waals surface area contributed by atoms with Gasteiger partial charge in [0, 0.05) is 25.0 Å². The van der Waals surface area contributed by atoms with Crippen molar-refractivity contribution >= 4 is 5.97 Å². The second kappa shape index (κ2) is 4.49. The van der Waals surface area contributed by atoms with Crippen LogP contribution in [0.4, 0.5) is 0 Å². The molecular formula is C11H18N2O2. The number of hydrogen-bond acceptors (Lipinski definition) is 2. The van der Waals surface area contributed by atoms with Crippen molar-refractivity contribution in [2.75, 3.05) is 13.6 Å². The molecule has 0 aromatic carbocycles. The fraction of sp³-hybridized carbons (Fsp3) is 0.545. The Bertz CT molecular complexity index is 317. The van der Waals surface area contributed by atoms with Gasteiger partial charge in [-0.1, -0.05) is 0 Å². The molecule has 0 bridgehead atoms. The number of aromatic nitrogens is 1. The summed E-state index contributed by atoms with van der Waals surface area (Å²) in [6, 6.07) is 3.93. The van der Waals surface area contributed by atoms with Crippen LogP contribution in [0.15, 0.2) is 18.3 Å². The highest BCUT2D eigenvalue weighted by Gasteiger charge is 2.28. The molecule has 0 atom stereocenters. The molecule has 0 aliphatic rings. The van der Waals surface area contributed by atoms with Crippen molar-refractivity contribution in [2.24, 2.45) is 5.41 Å². The zero-order chi connectivity index (χ0) is 11.5. The number of aliphatic carboxylic acids is 1. The average molecular weight is 210 g/mol. The number of hydrogen-bond donors (Lipinski definition) is 2. The second-order valence-corrected chi connectivity index (χ2v) is 4.56. The van der Waals surface area contributed by atoms with Gasteiger partial charge in [0.15, 0.2) is 0 Å². The Hall–Kier alpha value is -1.29. The van der Waals surface area contributed by atoms with Crippen LogP contribution in [-0.2, 0) is 11.3 Å². The molecular weight excluding hydrogens is 192 g/mol. The normalized spacial score (nSPS) is 12.0. The molecule has 4 heteroatoms. The van der Waals surface area contributed by atoms with Crippen LogP contribution in [-0.4, -0.2) is 34.6 Å². The third kappa shape index (κ3) is 3.40. The van der Waals surface area contributed by atoms with E-state index in [9.17, 15) is 4.79 Å². The molecule has 0 fully saturated rings. The van der Waals surface area contributed by atoms with Crippen molar-refractivity contribution in [3.05, 3.63) is 24.0 Å². The predicted octanol–water partition coefficient (Wildman–Crippen LogP) is 1.56. The number of nitrogens with one attached hydrogen (secondary N) is 1. The number of carbonyl (C=O) groups is 1. The lowest BCUT2D eigenvalue weighted by Crippen LogP contribution is -2.36. The van der Waals surface area contributed by atoms with Crippen LogP contribution in [0, 0.1) is 5.41 Å². The average Bonchev–Trinajstić information content (AvgIpc) is 2.54. The number of carboxylic acids is 1. The molecule has 0 radical (unpaired) electrons. The zero-order valence-corrected chi connectivity index (χ0v) is 9.45. The van der Waals surface area contributed by atoms with Gasteiger partial charge in [-0.15, -0.1) is 0 Å². The van der Waals surface area contributed by atoms with E-state index in [1.165, 1.54) is 0 Å². The van der Waals surface area contributed by atoms with E-state index in [4.69, 9.17) is 5.11 Å². The minimum absolute atomic E-state index is 0.529. The van der Waals surface area contributed by atoms with Crippen molar-refractivity contribution in [3.8, 4) is 0 Å². The summed E-state index contributed by atoms with van der Waals surface area (Å²) in [6.45, 7) is 4.74. The summed E-state index contributed by atoms with van der Waals surface area (Å²) < 4.78 is 0. The van der Waals surface area contributed by atoms with Crippen LogP contribution in [0.3, 0.4) is 0 Å². The van der Waals surface area contributed by atoms with Gasteiger partial charge in [0.1, 0.15) is 0 Å². The van der Waals surface area contributed by atoms with Crippen LogP contribution >= 0.6 is 0 Å². The maximum absolute atomic E-state index is 10.9. The SMILES string of the molecule is CN(Cc1ccc[nH]1)CC(C)(C)C(=O)O. The number of nitrogens with zero attached hydrogens (tertiary/aromatic N) is 1. The minimum Gasteiger partial charge on any atom is -0.481 e. The van der Waals surface area contributed by atoms with Crippen LogP contribution in [0.25, 0.3) is 0 Å². The number of aromatic amines is 1. The number of carboxylic acid groups (broad SMARTS) is 1. The first-order valence-electron chi connectivity index (χ1n) is 4.96.